The Morgan fingerprint density at radius 3 is 3.11 bits per heavy atom. The van der Waals surface area contributed by atoms with Crippen LogP contribution in [0.1, 0.15) is 39.9 Å². The smallest absolute Gasteiger partial charge is 0.261 e. The van der Waals surface area contributed by atoms with Crippen LogP contribution in [0.2, 0.25) is 0 Å². The lowest BCUT2D eigenvalue weighted by Crippen LogP contribution is -2.34. The van der Waals surface area contributed by atoms with Gasteiger partial charge in [-0.1, -0.05) is 6.92 Å². The highest BCUT2D eigenvalue weighted by atomic mass is 35.5. The third kappa shape index (κ3) is 3.43. The number of thiophene rings is 1. The summed E-state index contributed by atoms with van der Waals surface area (Å²) in [4.78, 5) is 14.4. The number of carbonyl (C=O) groups excluding carboxylic acids is 1. The molecule has 1 N–H and O–H groups in total. The number of carbonyl (C=O) groups is 1. The Labute approximate surface area is 121 Å². The Bertz CT molecular complexity index is 396. The molecule has 2 heterocycles. The number of hydrogen-bond donors (Lipinski definition) is 1. The van der Waals surface area contributed by atoms with Crippen LogP contribution >= 0.6 is 34.7 Å². The zero-order valence-electron chi connectivity index (χ0n) is 10.5. The summed E-state index contributed by atoms with van der Waals surface area (Å²) >= 11 is 9.34. The van der Waals surface area contributed by atoms with Crippen LogP contribution in [0.25, 0.3) is 0 Å². The van der Waals surface area contributed by atoms with Gasteiger partial charge in [0.2, 0.25) is 0 Å². The van der Waals surface area contributed by atoms with Crippen molar-refractivity contribution >= 4 is 40.6 Å². The highest BCUT2D eigenvalue weighted by Crippen LogP contribution is 2.31. The van der Waals surface area contributed by atoms with Gasteiger partial charge < -0.3 is 5.32 Å². The standard InChI is InChI=1S/C13H18ClNOS2/c1-2-10(3-5-14)15-13(16)12-7-9-8-17-6-4-11(9)18-12/h7,10H,2-6,8H2,1H3,(H,15,16). The maximum Gasteiger partial charge on any atom is 0.261 e. The number of hydrogen-bond acceptors (Lipinski definition) is 3. The van der Waals surface area contributed by atoms with Crippen LogP contribution in [0.4, 0.5) is 0 Å². The third-order valence-electron chi connectivity index (χ3n) is 3.14. The number of nitrogens with one attached hydrogen (secondary N) is 1. The predicted octanol–water partition coefficient (Wildman–Crippen LogP) is 3.67. The van der Waals surface area contributed by atoms with Gasteiger partial charge >= 0.3 is 0 Å². The molecule has 1 aliphatic heterocycles. The monoisotopic (exact) mass is 303 g/mol. The van der Waals surface area contributed by atoms with Gasteiger partial charge in [-0.15, -0.1) is 22.9 Å². The molecule has 0 aromatic carbocycles. The largest absolute Gasteiger partial charge is 0.349 e. The van der Waals surface area contributed by atoms with Crippen molar-refractivity contribution in [2.45, 2.75) is 38.0 Å². The first-order valence-electron chi connectivity index (χ1n) is 6.30. The first-order valence-corrected chi connectivity index (χ1v) is 8.81. The predicted molar refractivity (Wildman–Crippen MR) is 81.1 cm³/mol. The minimum absolute atomic E-state index is 0.0661. The molecular weight excluding hydrogens is 286 g/mol. The van der Waals surface area contributed by atoms with E-state index in [0.717, 1.165) is 29.9 Å². The molecule has 2 nitrogen and oxygen atoms in total. The molecule has 1 aliphatic rings. The Morgan fingerprint density at radius 2 is 2.44 bits per heavy atom. The van der Waals surface area contributed by atoms with Crippen LogP contribution in [0, 0.1) is 0 Å². The molecule has 0 aliphatic carbocycles. The quantitative estimate of drug-likeness (QED) is 0.841. The summed E-state index contributed by atoms with van der Waals surface area (Å²) in [6.45, 7) is 2.08. The molecule has 0 spiro atoms. The lowest BCUT2D eigenvalue weighted by atomic mass is 10.1. The zero-order valence-corrected chi connectivity index (χ0v) is 12.9. The summed E-state index contributed by atoms with van der Waals surface area (Å²) in [7, 11) is 0. The number of thioether (sulfide) groups is 1. The van der Waals surface area contributed by atoms with Crippen molar-refractivity contribution in [2.24, 2.45) is 0 Å². The van der Waals surface area contributed by atoms with Gasteiger partial charge in [0.25, 0.3) is 5.91 Å². The van der Waals surface area contributed by atoms with Crippen molar-refractivity contribution in [3.8, 4) is 0 Å². The SMILES string of the molecule is CCC(CCCl)NC(=O)c1cc2c(s1)CCSC2. The first-order chi connectivity index (χ1) is 8.74. The fourth-order valence-electron chi connectivity index (χ4n) is 2.03. The Kier molecular flexibility index (Phi) is 5.39. The Hall–Kier alpha value is -0.190. The van der Waals surface area contributed by atoms with E-state index < -0.39 is 0 Å². The molecule has 1 aromatic rings. The van der Waals surface area contributed by atoms with E-state index in [9.17, 15) is 4.79 Å². The number of aryl methyl sites for hydroxylation is 1. The summed E-state index contributed by atoms with van der Waals surface area (Å²) in [5.41, 5.74) is 1.35. The van der Waals surface area contributed by atoms with Crippen molar-refractivity contribution < 1.29 is 4.79 Å². The van der Waals surface area contributed by atoms with E-state index in [-0.39, 0.29) is 11.9 Å². The molecule has 1 aromatic heterocycles. The first kappa shape index (κ1) is 14.2. The number of fused-ring (bicyclic) bond motifs is 1. The second kappa shape index (κ2) is 6.83. The molecule has 18 heavy (non-hydrogen) atoms. The molecule has 0 bridgehead atoms. The highest BCUT2D eigenvalue weighted by molar-refractivity contribution is 7.98. The van der Waals surface area contributed by atoms with E-state index in [1.54, 1.807) is 11.3 Å². The number of alkyl halides is 1. The molecular formula is C13H18ClNOS2. The molecule has 0 saturated carbocycles. The van der Waals surface area contributed by atoms with Gasteiger partial charge in [0.05, 0.1) is 4.88 Å². The van der Waals surface area contributed by atoms with Crippen LogP contribution in [0.5, 0.6) is 0 Å². The second-order valence-electron chi connectivity index (χ2n) is 4.42. The van der Waals surface area contributed by atoms with Crippen molar-refractivity contribution in [1.82, 2.24) is 5.32 Å². The molecule has 0 saturated heterocycles. The Morgan fingerprint density at radius 1 is 1.61 bits per heavy atom. The molecule has 0 radical (unpaired) electrons. The summed E-state index contributed by atoms with van der Waals surface area (Å²) in [5.74, 6) is 2.89. The van der Waals surface area contributed by atoms with Crippen molar-refractivity contribution in [3.05, 3.63) is 21.4 Å². The average molecular weight is 304 g/mol. The molecule has 1 atom stereocenters. The minimum Gasteiger partial charge on any atom is -0.349 e. The summed E-state index contributed by atoms with van der Waals surface area (Å²) < 4.78 is 0. The molecule has 5 heteroatoms. The topological polar surface area (TPSA) is 29.1 Å². The summed E-state index contributed by atoms with van der Waals surface area (Å²) in [6, 6.07) is 2.26. The molecule has 1 unspecified atom stereocenters. The van der Waals surface area contributed by atoms with Gasteiger partial charge in [0.15, 0.2) is 0 Å². The highest BCUT2D eigenvalue weighted by Gasteiger charge is 2.18. The van der Waals surface area contributed by atoms with Crippen LogP contribution in [0.15, 0.2) is 6.07 Å². The fourth-order valence-corrected chi connectivity index (χ4v) is 4.56. The van der Waals surface area contributed by atoms with Crippen molar-refractivity contribution in [3.63, 3.8) is 0 Å². The molecule has 100 valence electrons. The summed E-state index contributed by atoms with van der Waals surface area (Å²) in [6.07, 6.45) is 2.88. The van der Waals surface area contributed by atoms with Gasteiger partial charge in [-0.2, -0.15) is 11.8 Å². The number of halogens is 1. The summed E-state index contributed by atoms with van der Waals surface area (Å²) in [5, 5.41) is 3.07. The van der Waals surface area contributed by atoms with Crippen LogP contribution < -0.4 is 5.32 Å². The van der Waals surface area contributed by atoms with E-state index in [1.807, 2.05) is 11.8 Å². The zero-order chi connectivity index (χ0) is 13.0. The van der Waals surface area contributed by atoms with Gasteiger partial charge in [0.1, 0.15) is 0 Å². The van der Waals surface area contributed by atoms with E-state index in [2.05, 4.69) is 18.3 Å². The van der Waals surface area contributed by atoms with E-state index in [1.165, 1.54) is 16.2 Å². The lowest BCUT2D eigenvalue weighted by molar-refractivity contribution is 0.0939. The maximum atomic E-state index is 12.2. The molecule has 2 rings (SSSR count). The van der Waals surface area contributed by atoms with Crippen LogP contribution in [-0.4, -0.2) is 23.6 Å². The fraction of sp³-hybridized carbons (Fsp3) is 0.615. The third-order valence-corrected chi connectivity index (χ3v) is 5.60. The second-order valence-corrected chi connectivity index (χ2v) is 7.04. The molecule has 0 fully saturated rings. The van der Waals surface area contributed by atoms with Crippen LogP contribution in [-0.2, 0) is 12.2 Å². The van der Waals surface area contributed by atoms with Gasteiger partial charge in [-0.05, 0) is 36.6 Å². The van der Waals surface area contributed by atoms with E-state index in [0.29, 0.717) is 5.88 Å². The normalized spacial score (nSPS) is 16.1. The maximum absolute atomic E-state index is 12.2. The van der Waals surface area contributed by atoms with Gasteiger partial charge in [-0.3, -0.25) is 4.79 Å². The van der Waals surface area contributed by atoms with Crippen LogP contribution in [0.3, 0.4) is 0 Å². The average Bonchev–Trinajstić information content (AvgIpc) is 2.82. The molecule has 1 amide bonds. The number of amides is 1. The van der Waals surface area contributed by atoms with Gasteiger partial charge in [-0.25, -0.2) is 0 Å². The Balaban J connectivity index is 2.02. The van der Waals surface area contributed by atoms with Gasteiger partial charge in [0, 0.05) is 22.6 Å². The van der Waals surface area contributed by atoms with E-state index >= 15 is 0 Å². The van der Waals surface area contributed by atoms with Crippen molar-refractivity contribution in [2.75, 3.05) is 11.6 Å². The van der Waals surface area contributed by atoms with E-state index in [4.69, 9.17) is 11.6 Å². The lowest BCUT2D eigenvalue weighted by Gasteiger charge is -2.14. The number of rotatable bonds is 5. The minimum atomic E-state index is 0.0661. The van der Waals surface area contributed by atoms with Crippen molar-refractivity contribution in [1.29, 1.82) is 0 Å².